The Hall–Kier alpha value is -3.33. The molecule has 134 valence electrons. The van der Waals surface area contributed by atoms with Crippen molar-refractivity contribution in [3.05, 3.63) is 100 Å². The van der Waals surface area contributed by atoms with E-state index in [1.807, 2.05) is 49.4 Å². The van der Waals surface area contributed by atoms with E-state index in [4.69, 9.17) is 9.47 Å². The second-order valence-corrected chi connectivity index (χ2v) is 6.73. The first-order valence-electron chi connectivity index (χ1n) is 8.92. The Morgan fingerprint density at radius 2 is 1.74 bits per heavy atom. The molecule has 3 aromatic rings. The van der Waals surface area contributed by atoms with Crippen LogP contribution in [0.5, 0.6) is 11.5 Å². The maximum Gasteiger partial charge on any atom is 0.231 e. The molecule has 0 bridgehead atoms. The van der Waals surface area contributed by atoms with Gasteiger partial charge in [0.2, 0.25) is 5.78 Å². The summed E-state index contributed by atoms with van der Waals surface area (Å²) in [6, 6.07) is 21.5. The molecule has 0 radical (unpaired) electrons. The lowest BCUT2D eigenvalue weighted by atomic mass is 10.1. The number of carbonyl (C=O) groups excluding carboxylic acids is 1. The van der Waals surface area contributed by atoms with Gasteiger partial charge in [0.1, 0.15) is 18.1 Å². The van der Waals surface area contributed by atoms with Crippen molar-refractivity contribution < 1.29 is 14.3 Å². The molecule has 27 heavy (non-hydrogen) atoms. The van der Waals surface area contributed by atoms with Crippen molar-refractivity contribution in [3.8, 4) is 11.5 Å². The number of benzene rings is 3. The van der Waals surface area contributed by atoms with Crippen LogP contribution >= 0.6 is 0 Å². The predicted molar refractivity (Wildman–Crippen MR) is 106 cm³/mol. The summed E-state index contributed by atoms with van der Waals surface area (Å²) in [6.07, 6.45) is 1.80. The first-order chi connectivity index (χ1) is 13.1. The molecule has 0 unspecified atom stereocenters. The molecule has 1 heterocycles. The Morgan fingerprint density at radius 3 is 2.52 bits per heavy atom. The van der Waals surface area contributed by atoms with Crippen LogP contribution < -0.4 is 9.47 Å². The summed E-state index contributed by atoms with van der Waals surface area (Å²) in [5.74, 6) is 1.47. The molecule has 0 atom stereocenters. The number of fused-ring (bicyclic) bond motifs is 1. The van der Waals surface area contributed by atoms with Crippen molar-refractivity contribution in [1.82, 2.24) is 0 Å². The molecule has 0 aliphatic carbocycles. The van der Waals surface area contributed by atoms with Gasteiger partial charge in [0.15, 0.2) is 5.76 Å². The second-order valence-electron chi connectivity index (χ2n) is 6.73. The van der Waals surface area contributed by atoms with Gasteiger partial charge in [-0.15, -0.1) is 0 Å². The highest BCUT2D eigenvalue weighted by Gasteiger charge is 2.27. The minimum Gasteiger partial charge on any atom is -0.489 e. The van der Waals surface area contributed by atoms with E-state index in [1.54, 1.807) is 18.2 Å². The number of Topliss-reactive ketones (excluding diaryl/α,β-unsaturated/α-hetero) is 1. The summed E-state index contributed by atoms with van der Waals surface area (Å²) in [6.45, 7) is 4.54. The van der Waals surface area contributed by atoms with Crippen LogP contribution in [0.25, 0.3) is 6.08 Å². The monoisotopic (exact) mass is 356 g/mol. The molecule has 0 saturated carbocycles. The smallest absolute Gasteiger partial charge is 0.231 e. The highest BCUT2D eigenvalue weighted by atomic mass is 16.5. The molecule has 3 heteroatoms. The third-order valence-electron chi connectivity index (χ3n) is 4.64. The molecule has 1 aliphatic heterocycles. The van der Waals surface area contributed by atoms with Gasteiger partial charge in [-0.25, -0.2) is 0 Å². The molecule has 0 amide bonds. The van der Waals surface area contributed by atoms with E-state index in [1.165, 1.54) is 5.56 Å². The van der Waals surface area contributed by atoms with E-state index in [-0.39, 0.29) is 5.78 Å². The lowest BCUT2D eigenvalue weighted by molar-refractivity contribution is 0.101. The van der Waals surface area contributed by atoms with Gasteiger partial charge >= 0.3 is 0 Å². The summed E-state index contributed by atoms with van der Waals surface area (Å²) in [7, 11) is 0. The van der Waals surface area contributed by atoms with Crippen LogP contribution in [0.1, 0.15) is 32.6 Å². The van der Waals surface area contributed by atoms with Crippen molar-refractivity contribution in [3.63, 3.8) is 0 Å². The molecule has 0 spiro atoms. The summed E-state index contributed by atoms with van der Waals surface area (Å²) < 4.78 is 11.7. The zero-order valence-corrected chi connectivity index (χ0v) is 15.4. The van der Waals surface area contributed by atoms with E-state index < -0.39 is 0 Å². The van der Waals surface area contributed by atoms with Crippen molar-refractivity contribution in [2.24, 2.45) is 0 Å². The first-order valence-corrected chi connectivity index (χ1v) is 8.92. The zero-order chi connectivity index (χ0) is 18.8. The fourth-order valence-electron chi connectivity index (χ4n) is 3.00. The molecule has 0 saturated heterocycles. The average Bonchev–Trinajstić information content (AvgIpc) is 2.98. The van der Waals surface area contributed by atoms with Gasteiger partial charge < -0.3 is 9.47 Å². The van der Waals surface area contributed by atoms with Crippen molar-refractivity contribution in [2.45, 2.75) is 20.5 Å². The van der Waals surface area contributed by atoms with E-state index in [9.17, 15) is 4.79 Å². The van der Waals surface area contributed by atoms with Crippen LogP contribution in [0.4, 0.5) is 0 Å². The van der Waals surface area contributed by atoms with Crippen molar-refractivity contribution in [1.29, 1.82) is 0 Å². The van der Waals surface area contributed by atoms with Gasteiger partial charge in [0.05, 0.1) is 5.56 Å². The van der Waals surface area contributed by atoms with Gasteiger partial charge in [-0.3, -0.25) is 4.79 Å². The van der Waals surface area contributed by atoms with Gasteiger partial charge in [-0.05, 0) is 48.7 Å². The number of hydrogen-bond acceptors (Lipinski definition) is 3. The molecule has 4 rings (SSSR count). The molecule has 0 fully saturated rings. The number of rotatable bonds is 4. The maximum absolute atomic E-state index is 12.6. The van der Waals surface area contributed by atoms with Crippen LogP contribution in [0.15, 0.2) is 72.5 Å². The number of carbonyl (C=O) groups is 1. The molecular formula is C24H20O3. The van der Waals surface area contributed by atoms with Crippen molar-refractivity contribution >= 4 is 11.9 Å². The van der Waals surface area contributed by atoms with Gasteiger partial charge in [0.25, 0.3) is 0 Å². The third kappa shape index (κ3) is 3.63. The van der Waals surface area contributed by atoms with Crippen LogP contribution in [0.3, 0.4) is 0 Å². The van der Waals surface area contributed by atoms with Gasteiger partial charge in [0, 0.05) is 6.07 Å². The Bertz CT molecular complexity index is 1030. The number of hydrogen-bond donors (Lipinski definition) is 0. The number of ether oxygens (including phenoxy) is 2. The SMILES string of the molecule is Cc1ccc(COc2ccc3c(c2)O/C(=C/c2ccccc2C)C3=O)cc1. The molecule has 3 nitrogen and oxygen atoms in total. The standard InChI is InChI=1S/C24H20O3/c1-16-7-9-18(10-8-16)15-26-20-11-12-21-22(14-20)27-23(24(21)25)13-19-6-4-3-5-17(19)2/h3-14H,15H2,1-2H3/b23-13+. The highest BCUT2D eigenvalue weighted by Crippen LogP contribution is 2.35. The van der Waals surface area contributed by atoms with Crippen LogP contribution in [-0.4, -0.2) is 5.78 Å². The van der Waals surface area contributed by atoms with Gasteiger partial charge in [-0.2, -0.15) is 0 Å². The average molecular weight is 356 g/mol. The number of aryl methyl sites for hydroxylation is 2. The topological polar surface area (TPSA) is 35.5 Å². The Morgan fingerprint density at radius 1 is 0.963 bits per heavy atom. The number of ketones is 1. The van der Waals surface area contributed by atoms with Gasteiger partial charge in [-0.1, -0.05) is 54.1 Å². The summed E-state index contributed by atoms with van der Waals surface area (Å²) in [4.78, 5) is 12.6. The number of allylic oxidation sites excluding steroid dienone is 1. The zero-order valence-electron chi connectivity index (χ0n) is 15.4. The molecule has 1 aliphatic rings. The first kappa shape index (κ1) is 17.1. The molecule has 0 N–H and O–H groups in total. The normalized spacial score (nSPS) is 14.1. The fourth-order valence-corrected chi connectivity index (χ4v) is 3.00. The van der Waals surface area contributed by atoms with Crippen LogP contribution in [0.2, 0.25) is 0 Å². The lowest BCUT2D eigenvalue weighted by Crippen LogP contribution is -1.98. The molecule has 3 aromatic carbocycles. The van der Waals surface area contributed by atoms with E-state index in [2.05, 4.69) is 19.1 Å². The minimum atomic E-state index is -0.0988. The summed E-state index contributed by atoms with van der Waals surface area (Å²) in [5, 5.41) is 0. The summed E-state index contributed by atoms with van der Waals surface area (Å²) in [5.41, 5.74) is 4.95. The van der Waals surface area contributed by atoms with E-state index in [0.29, 0.717) is 29.4 Å². The summed E-state index contributed by atoms with van der Waals surface area (Å²) >= 11 is 0. The lowest BCUT2D eigenvalue weighted by Gasteiger charge is -2.07. The predicted octanol–water partition coefficient (Wildman–Crippen LogP) is 5.50. The van der Waals surface area contributed by atoms with E-state index >= 15 is 0 Å². The highest BCUT2D eigenvalue weighted by molar-refractivity contribution is 6.14. The minimum absolute atomic E-state index is 0.0988. The Labute approximate surface area is 158 Å². The van der Waals surface area contributed by atoms with E-state index in [0.717, 1.165) is 16.7 Å². The quantitative estimate of drug-likeness (QED) is 0.579. The largest absolute Gasteiger partial charge is 0.489 e. The van der Waals surface area contributed by atoms with Crippen LogP contribution in [-0.2, 0) is 6.61 Å². The fraction of sp³-hybridized carbons (Fsp3) is 0.125. The maximum atomic E-state index is 12.6. The second kappa shape index (κ2) is 7.12. The van der Waals surface area contributed by atoms with Crippen molar-refractivity contribution in [2.75, 3.05) is 0 Å². The molecular weight excluding hydrogens is 336 g/mol. The molecule has 0 aromatic heterocycles. The van der Waals surface area contributed by atoms with Crippen LogP contribution in [0, 0.1) is 13.8 Å². The Balaban J connectivity index is 1.52. The Kier molecular flexibility index (Phi) is 4.51. The third-order valence-corrected chi connectivity index (χ3v) is 4.64.